The smallest absolute Gasteiger partial charge is 0.266 e. The lowest BCUT2D eigenvalue weighted by Crippen LogP contribution is -1.99. The van der Waals surface area contributed by atoms with E-state index >= 15 is 0 Å². The highest BCUT2D eigenvalue weighted by molar-refractivity contribution is 9.10. The molecular formula is C8H5BrClF2NO. The topological polar surface area (TPSA) is 30.0 Å². The standard InChI is InChI=1S/C8H5BrClF2NO/c9-7-5(8(11)12)1-4(2-10)6(3-14)13-7/h1,3,8H,2H2. The number of rotatable bonds is 3. The Balaban J connectivity index is 3.30. The second kappa shape index (κ2) is 4.79. The number of aldehydes is 1. The van der Waals surface area contributed by atoms with E-state index in [1.807, 2.05) is 0 Å². The summed E-state index contributed by atoms with van der Waals surface area (Å²) in [5.74, 6) is -0.0198. The second-order valence-corrected chi connectivity index (χ2v) is 3.48. The third-order valence-corrected chi connectivity index (χ3v) is 2.53. The Labute approximate surface area is 92.4 Å². The maximum absolute atomic E-state index is 12.4. The quantitative estimate of drug-likeness (QED) is 0.484. The van der Waals surface area contributed by atoms with Crippen LogP contribution >= 0.6 is 27.5 Å². The summed E-state index contributed by atoms with van der Waals surface area (Å²) in [6.45, 7) is 0. The van der Waals surface area contributed by atoms with Crippen LogP contribution in [0.1, 0.15) is 28.0 Å². The molecule has 0 fully saturated rings. The van der Waals surface area contributed by atoms with Crippen LogP contribution in [0, 0.1) is 0 Å². The third-order valence-electron chi connectivity index (χ3n) is 1.61. The SMILES string of the molecule is O=Cc1nc(Br)c(C(F)F)cc1CCl. The van der Waals surface area contributed by atoms with E-state index in [1.165, 1.54) is 6.07 Å². The number of carbonyl (C=O) groups is 1. The molecule has 0 spiro atoms. The first-order valence-electron chi connectivity index (χ1n) is 3.58. The Morgan fingerprint density at radius 3 is 2.71 bits per heavy atom. The fourth-order valence-corrected chi connectivity index (χ4v) is 1.62. The molecule has 1 aromatic rings. The first kappa shape index (κ1) is 11.5. The second-order valence-electron chi connectivity index (χ2n) is 2.46. The predicted octanol–water partition coefficient (Wildman–Crippen LogP) is 3.33. The number of carbonyl (C=O) groups excluding carboxylic acids is 1. The van der Waals surface area contributed by atoms with Crippen molar-refractivity contribution in [3.8, 4) is 0 Å². The van der Waals surface area contributed by atoms with Gasteiger partial charge < -0.3 is 0 Å². The molecule has 0 unspecified atom stereocenters. The van der Waals surface area contributed by atoms with Gasteiger partial charge in [0, 0.05) is 5.88 Å². The van der Waals surface area contributed by atoms with Crippen molar-refractivity contribution in [1.29, 1.82) is 0 Å². The van der Waals surface area contributed by atoms with Crippen LogP contribution in [-0.2, 0) is 5.88 Å². The van der Waals surface area contributed by atoms with E-state index in [-0.39, 0.29) is 21.7 Å². The lowest BCUT2D eigenvalue weighted by molar-refractivity contribution is 0.111. The van der Waals surface area contributed by atoms with Gasteiger partial charge >= 0.3 is 0 Å². The molecule has 0 aliphatic carbocycles. The highest BCUT2D eigenvalue weighted by Crippen LogP contribution is 2.27. The Morgan fingerprint density at radius 1 is 1.64 bits per heavy atom. The normalized spacial score (nSPS) is 10.6. The van der Waals surface area contributed by atoms with E-state index in [4.69, 9.17) is 11.6 Å². The molecule has 0 amide bonds. The fraction of sp³-hybridized carbons (Fsp3) is 0.250. The molecule has 1 heterocycles. The minimum absolute atomic E-state index is 0.0198. The molecule has 0 aromatic carbocycles. The summed E-state index contributed by atoms with van der Waals surface area (Å²) in [6, 6.07) is 1.18. The van der Waals surface area contributed by atoms with Gasteiger partial charge in [0.1, 0.15) is 10.3 Å². The molecule has 76 valence electrons. The molecule has 0 bridgehead atoms. The lowest BCUT2D eigenvalue weighted by atomic mass is 10.1. The molecule has 2 nitrogen and oxygen atoms in total. The van der Waals surface area contributed by atoms with Crippen LogP contribution in [-0.4, -0.2) is 11.3 Å². The molecular weight excluding hydrogens is 279 g/mol. The van der Waals surface area contributed by atoms with Crippen molar-refractivity contribution in [2.45, 2.75) is 12.3 Å². The number of hydrogen-bond acceptors (Lipinski definition) is 2. The number of pyridine rings is 1. The largest absolute Gasteiger partial charge is 0.296 e. The summed E-state index contributed by atoms with van der Waals surface area (Å²) in [7, 11) is 0. The third kappa shape index (κ3) is 2.27. The predicted molar refractivity (Wildman–Crippen MR) is 51.8 cm³/mol. The van der Waals surface area contributed by atoms with Gasteiger partial charge in [0.05, 0.1) is 5.56 Å². The molecule has 0 aliphatic heterocycles. The number of alkyl halides is 3. The van der Waals surface area contributed by atoms with Gasteiger partial charge in [-0.05, 0) is 27.6 Å². The Morgan fingerprint density at radius 2 is 2.29 bits per heavy atom. The van der Waals surface area contributed by atoms with E-state index in [0.29, 0.717) is 11.8 Å². The molecule has 0 N–H and O–H groups in total. The van der Waals surface area contributed by atoms with E-state index in [2.05, 4.69) is 20.9 Å². The molecule has 0 atom stereocenters. The summed E-state index contributed by atoms with van der Waals surface area (Å²) in [5, 5.41) is 0. The van der Waals surface area contributed by atoms with Gasteiger partial charge in [-0.1, -0.05) is 0 Å². The van der Waals surface area contributed by atoms with Crippen LogP contribution in [0.4, 0.5) is 8.78 Å². The summed E-state index contributed by atoms with van der Waals surface area (Å²) in [6.07, 6.45) is -2.16. The maximum Gasteiger partial charge on any atom is 0.266 e. The maximum atomic E-state index is 12.4. The van der Waals surface area contributed by atoms with Crippen LogP contribution in [0.2, 0.25) is 0 Å². The van der Waals surface area contributed by atoms with Crippen LogP contribution in [0.15, 0.2) is 10.7 Å². The van der Waals surface area contributed by atoms with Crippen LogP contribution in [0.5, 0.6) is 0 Å². The molecule has 0 saturated carbocycles. The van der Waals surface area contributed by atoms with Crippen LogP contribution in [0.25, 0.3) is 0 Å². The molecule has 0 aliphatic rings. The lowest BCUT2D eigenvalue weighted by Gasteiger charge is -2.06. The van der Waals surface area contributed by atoms with Gasteiger partial charge in [-0.3, -0.25) is 4.79 Å². The monoisotopic (exact) mass is 283 g/mol. The summed E-state index contributed by atoms with van der Waals surface area (Å²) in [5.41, 5.74) is 0.127. The Hall–Kier alpha value is -0.550. The van der Waals surface area contributed by atoms with Crippen molar-refractivity contribution in [3.05, 3.63) is 27.5 Å². The molecule has 6 heteroatoms. The minimum atomic E-state index is -2.64. The molecule has 0 radical (unpaired) electrons. The number of nitrogens with zero attached hydrogens (tertiary/aromatic N) is 1. The minimum Gasteiger partial charge on any atom is -0.296 e. The molecule has 14 heavy (non-hydrogen) atoms. The van der Waals surface area contributed by atoms with Gasteiger partial charge in [-0.2, -0.15) is 0 Å². The summed E-state index contributed by atoms with van der Waals surface area (Å²) in [4.78, 5) is 14.2. The average Bonchev–Trinajstić information content (AvgIpc) is 2.16. The average molecular weight is 284 g/mol. The van der Waals surface area contributed by atoms with Crippen molar-refractivity contribution in [3.63, 3.8) is 0 Å². The summed E-state index contributed by atoms with van der Waals surface area (Å²) >= 11 is 8.34. The Kier molecular flexibility index (Phi) is 3.95. The van der Waals surface area contributed by atoms with Gasteiger partial charge in [0.15, 0.2) is 6.29 Å². The zero-order valence-electron chi connectivity index (χ0n) is 6.81. The number of hydrogen-bond donors (Lipinski definition) is 0. The zero-order valence-corrected chi connectivity index (χ0v) is 9.15. The van der Waals surface area contributed by atoms with E-state index < -0.39 is 6.43 Å². The van der Waals surface area contributed by atoms with E-state index in [0.717, 1.165) is 0 Å². The van der Waals surface area contributed by atoms with Gasteiger partial charge in [-0.15, -0.1) is 11.6 Å². The van der Waals surface area contributed by atoms with Gasteiger partial charge in [0.2, 0.25) is 0 Å². The van der Waals surface area contributed by atoms with Crippen molar-refractivity contribution >= 4 is 33.8 Å². The highest BCUT2D eigenvalue weighted by atomic mass is 79.9. The first-order chi connectivity index (χ1) is 6.60. The van der Waals surface area contributed by atoms with Crippen molar-refractivity contribution in [1.82, 2.24) is 4.98 Å². The Bertz CT molecular complexity index is 359. The van der Waals surface area contributed by atoms with Crippen LogP contribution < -0.4 is 0 Å². The van der Waals surface area contributed by atoms with Crippen molar-refractivity contribution in [2.75, 3.05) is 0 Å². The van der Waals surface area contributed by atoms with E-state index in [9.17, 15) is 13.6 Å². The van der Waals surface area contributed by atoms with E-state index in [1.54, 1.807) is 0 Å². The number of halogens is 4. The first-order valence-corrected chi connectivity index (χ1v) is 4.91. The molecule has 1 aromatic heterocycles. The zero-order chi connectivity index (χ0) is 10.7. The van der Waals surface area contributed by atoms with Crippen LogP contribution in [0.3, 0.4) is 0 Å². The fourth-order valence-electron chi connectivity index (χ4n) is 0.925. The molecule has 0 saturated heterocycles. The number of aromatic nitrogens is 1. The summed E-state index contributed by atoms with van der Waals surface area (Å²) < 4.78 is 24.7. The van der Waals surface area contributed by atoms with Crippen molar-refractivity contribution < 1.29 is 13.6 Å². The van der Waals surface area contributed by atoms with Gasteiger partial charge in [0.25, 0.3) is 6.43 Å². The molecule has 1 rings (SSSR count). The van der Waals surface area contributed by atoms with Crippen molar-refractivity contribution in [2.24, 2.45) is 0 Å². The van der Waals surface area contributed by atoms with Gasteiger partial charge in [-0.25, -0.2) is 13.8 Å². The highest BCUT2D eigenvalue weighted by Gasteiger charge is 2.16.